The number of hydrogen-bond donors (Lipinski definition) is 2. The van der Waals surface area contributed by atoms with Gasteiger partial charge in [0.2, 0.25) is 0 Å². The van der Waals surface area contributed by atoms with Crippen molar-refractivity contribution in [2.24, 2.45) is 0 Å². The Morgan fingerprint density at radius 3 is 2.36 bits per heavy atom. The smallest absolute Gasteiger partial charge is 0.475 e. The van der Waals surface area contributed by atoms with Gasteiger partial charge in [0.1, 0.15) is 5.69 Å². The van der Waals surface area contributed by atoms with Crippen LogP contribution < -0.4 is 0 Å². The molecular formula is C23H25F3N4O3. The molecule has 0 atom stereocenters. The second-order valence-corrected chi connectivity index (χ2v) is 8.38. The number of aliphatic hydroxyl groups is 1. The predicted octanol–water partition coefficient (Wildman–Crippen LogP) is 3.49. The van der Waals surface area contributed by atoms with Crippen LogP contribution in [0.5, 0.6) is 0 Å². The first-order valence-corrected chi connectivity index (χ1v) is 10.8. The summed E-state index contributed by atoms with van der Waals surface area (Å²) in [7, 11) is 0. The van der Waals surface area contributed by atoms with Gasteiger partial charge in [0.05, 0.1) is 18.8 Å². The second kappa shape index (κ2) is 9.48. The summed E-state index contributed by atoms with van der Waals surface area (Å²) in [5.74, 6) is -2.76. The van der Waals surface area contributed by atoms with Crippen molar-refractivity contribution in [2.75, 3.05) is 13.1 Å². The quantitative estimate of drug-likeness (QED) is 0.617. The Morgan fingerprint density at radius 1 is 1.09 bits per heavy atom. The fraction of sp³-hybridized carbons (Fsp3) is 0.435. The third-order valence-electron chi connectivity index (χ3n) is 6.25. The normalized spacial score (nSPS) is 16.6. The van der Waals surface area contributed by atoms with Gasteiger partial charge in [0, 0.05) is 19.6 Å². The molecule has 3 aromatic rings. The van der Waals surface area contributed by atoms with Crippen molar-refractivity contribution in [3.05, 3.63) is 58.9 Å². The van der Waals surface area contributed by atoms with E-state index in [9.17, 15) is 13.2 Å². The summed E-state index contributed by atoms with van der Waals surface area (Å²) in [5, 5.41) is 27.4. The summed E-state index contributed by atoms with van der Waals surface area (Å²) < 4.78 is 33.7. The van der Waals surface area contributed by atoms with Gasteiger partial charge in [0.15, 0.2) is 0 Å². The molecule has 1 aromatic heterocycles. The largest absolute Gasteiger partial charge is 0.490 e. The monoisotopic (exact) mass is 462 g/mol. The minimum Gasteiger partial charge on any atom is -0.475 e. The van der Waals surface area contributed by atoms with E-state index in [1.807, 2.05) is 10.9 Å². The molecule has 7 nitrogen and oxygen atoms in total. The van der Waals surface area contributed by atoms with Crippen molar-refractivity contribution >= 4 is 16.7 Å². The molecule has 2 aliphatic rings. The van der Waals surface area contributed by atoms with Crippen LogP contribution in [0.2, 0.25) is 0 Å². The average Bonchev–Trinajstić information content (AvgIpc) is 3.44. The summed E-state index contributed by atoms with van der Waals surface area (Å²) in [5.41, 5.74) is 5.14. The van der Waals surface area contributed by atoms with Crippen LogP contribution in [-0.2, 0) is 30.8 Å². The van der Waals surface area contributed by atoms with Gasteiger partial charge < -0.3 is 10.2 Å². The molecule has 10 heteroatoms. The Morgan fingerprint density at radius 2 is 1.76 bits per heavy atom. The van der Waals surface area contributed by atoms with Crippen molar-refractivity contribution in [1.29, 1.82) is 0 Å². The van der Waals surface area contributed by atoms with Crippen LogP contribution in [0.4, 0.5) is 13.2 Å². The Hall–Kier alpha value is -2.98. The average molecular weight is 462 g/mol. The summed E-state index contributed by atoms with van der Waals surface area (Å²) in [6, 6.07) is 11.9. The Kier molecular flexibility index (Phi) is 6.66. The molecule has 0 bridgehead atoms. The molecule has 5 rings (SSSR count). The lowest BCUT2D eigenvalue weighted by molar-refractivity contribution is -0.192. The number of halogens is 3. The van der Waals surface area contributed by atoms with E-state index in [1.165, 1.54) is 40.3 Å². The molecule has 0 radical (unpaired) electrons. The molecule has 1 fully saturated rings. The van der Waals surface area contributed by atoms with E-state index in [2.05, 4.69) is 45.5 Å². The molecule has 33 heavy (non-hydrogen) atoms. The molecule has 176 valence electrons. The molecular weight excluding hydrogens is 437 g/mol. The highest BCUT2D eigenvalue weighted by Gasteiger charge is 2.38. The minimum absolute atomic E-state index is 0.0378. The summed E-state index contributed by atoms with van der Waals surface area (Å²) >= 11 is 0. The third-order valence-corrected chi connectivity index (χ3v) is 6.25. The van der Waals surface area contributed by atoms with E-state index in [0.29, 0.717) is 11.7 Å². The van der Waals surface area contributed by atoms with E-state index in [0.717, 1.165) is 32.5 Å². The highest BCUT2D eigenvalue weighted by Crippen LogP contribution is 2.34. The fourth-order valence-electron chi connectivity index (χ4n) is 4.59. The minimum atomic E-state index is -5.08. The molecule has 2 aromatic carbocycles. The second-order valence-electron chi connectivity index (χ2n) is 8.38. The van der Waals surface area contributed by atoms with Gasteiger partial charge in [0.25, 0.3) is 0 Å². The van der Waals surface area contributed by atoms with Gasteiger partial charge in [-0.1, -0.05) is 35.5 Å². The van der Waals surface area contributed by atoms with Crippen molar-refractivity contribution in [1.82, 2.24) is 19.9 Å². The van der Waals surface area contributed by atoms with E-state index in [-0.39, 0.29) is 6.61 Å². The SMILES string of the molecule is O=C(O)C(F)(F)F.OCc1cn(C2CCN(Cc3ccc4c5c(cccc35)CC4)CC2)nn1. The predicted molar refractivity (Wildman–Crippen MR) is 115 cm³/mol. The van der Waals surface area contributed by atoms with Crippen LogP contribution in [0.25, 0.3) is 10.8 Å². The first-order chi connectivity index (χ1) is 15.8. The number of aromatic nitrogens is 3. The van der Waals surface area contributed by atoms with Crippen molar-refractivity contribution in [3.8, 4) is 0 Å². The number of rotatable bonds is 4. The molecule has 1 aliphatic heterocycles. The van der Waals surface area contributed by atoms with E-state index >= 15 is 0 Å². The maximum atomic E-state index is 10.6. The molecule has 1 aliphatic carbocycles. The zero-order valence-corrected chi connectivity index (χ0v) is 17.9. The molecule has 1 saturated heterocycles. The van der Waals surface area contributed by atoms with Gasteiger partial charge >= 0.3 is 12.1 Å². The van der Waals surface area contributed by atoms with Gasteiger partial charge in [-0.3, -0.25) is 4.90 Å². The van der Waals surface area contributed by atoms with Crippen LogP contribution in [0.1, 0.15) is 41.3 Å². The number of benzene rings is 2. The molecule has 0 amide bonds. The lowest BCUT2D eigenvalue weighted by Gasteiger charge is -2.32. The Bertz CT molecular complexity index is 1130. The van der Waals surface area contributed by atoms with Crippen molar-refractivity contribution in [2.45, 2.75) is 51.1 Å². The zero-order valence-electron chi connectivity index (χ0n) is 17.9. The van der Waals surface area contributed by atoms with E-state index in [1.54, 1.807) is 0 Å². The zero-order chi connectivity index (χ0) is 23.6. The highest BCUT2D eigenvalue weighted by molar-refractivity contribution is 5.93. The van der Waals surface area contributed by atoms with Gasteiger partial charge in [-0.25, -0.2) is 9.48 Å². The number of piperidine rings is 1. The first-order valence-electron chi connectivity index (χ1n) is 10.8. The number of aliphatic carboxylic acids is 1. The summed E-state index contributed by atoms with van der Waals surface area (Å²) in [6.45, 7) is 3.12. The molecule has 2 N–H and O–H groups in total. The number of nitrogens with zero attached hydrogens (tertiary/aromatic N) is 4. The number of likely N-dealkylation sites (tertiary alicyclic amines) is 1. The maximum absolute atomic E-state index is 10.6. The Balaban J connectivity index is 0.000000325. The molecule has 0 saturated carbocycles. The fourth-order valence-corrected chi connectivity index (χ4v) is 4.59. The Labute approximate surface area is 188 Å². The van der Waals surface area contributed by atoms with Gasteiger partial charge in [-0.05, 0) is 53.1 Å². The molecule has 0 unspecified atom stereocenters. The van der Waals surface area contributed by atoms with Crippen LogP contribution >= 0.6 is 0 Å². The number of carboxylic acids is 1. The van der Waals surface area contributed by atoms with Gasteiger partial charge in [-0.15, -0.1) is 5.10 Å². The van der Waals surface area contributed by atoms with Crippen LogP contribution in [0.15, 0.2) is 36.5 Å². The number of alkyl halides is 3. The number of aliphatic hydroxyl groups excluding tert-OH is 1. The summed E-state index contributed by atoms with van der Waals surface area (Å²) in [6.07, 6.45) is 1.33. The van der Waals surface area contributed by atoms with E-state index in [4.69, 9.17) is 15.0 Å². The molecule has 0 spiro atoms. The van der Waals surface area contributed by atoms with Crippen molar-refractivity contribution in [3.63, 3.8) is 0 Å². The molecule has 2 heterocycles. The lowest BCUT2D eigenvalue weighted by atomic mass is 9.98. The maximum Gasteiger partial charge on any atom is 0.490 e. The van der Waals surface area contributed by atoms with Crippen LogP contribution in [-0.4, -0.2) is 55.3 Å². The topological polar surface area (TPSA) is 91.5 Å². The van der Waals surface area contributed by atoms with Crippen molar-refractivity contribution < 1.29 is 28.2 Å². The first kappa shape index (κ1) is 23.2. The van der Waals surface area contributed by atoms with Gasteiger partial charge in [-0.2, -0.15) is 13.2 Å². The summed E-state index contributed by atoms with van der Waals surface area (Å²) in [4.78, 5) is 11.5. The van der Waals surface area contributed by atoms with E-state index < -0.39 is 12.1 Å². The lowest BCUT2D eigenvalue weighted by Crippen LogP contribution is -2.34. The highest BCUT2D eigenvalue weighted by atomic mass is 19.4. The number of carbonyl (C=O) groups is 1. The number of hydrogen-bond acceptors (Lipinski definition) is 5. The van der Waals surface area contributed by atoms with Crippen LogP contribution in [0, 0.1) is 0 Å². The standard InChI is InChI=1S/C21H24N4O.C2HF3O2/c26-14-18-13-25(23-22-18)19-8-10-24(11-9-19)12-17-7-6-16-5-4-15-2-1-3-20(17)21(15)16;3-2(4,5)1(6)7/h1-3,6-7,13,19,26H,4-5,8-12,14H2;(H,6,7). The number of aryl methyl sites for hydroxylation is 2. The third kappa shape index (κ3) is 5.17. The van der Waals surface area contributed by atoms with Crippen LogP contribution in [0.3, 0.4) is 0 Å². The number of carboxylic acid groups (broad SMARTS) is 1.